The molecule has 0 atom stereocenters. The Bertz CT molecular complexity index is 454. The van der Waals surface area contributed by atoms with Crippen LogP contribution in [0, 0.1) is 17.2 Å². The van der Waals surface area contributed by atoms with Crippen LogP contribution < -0.4 is 4.90 Å². The third kappa shape index (κ3) is 2.80. The van der Waals surface area contributed by atoms with Crippen molar-refractivity contribution in [1.29, 1.82) is 5.26 Å². The molecule has 0 spiro atoms. The Hall–Kier alpha value is -2.02. The molecule has 1 saturated heterocycles. The molecule has 1 fully saturated rings. The molecule has 1 N–H and O–H groups in total. The lowest BCUT2D eigenvalue weighted by atomic mass is 9.96. The molecule has 4 heteroatoms. The number of carboxylic acids is 1. The highest BCUT2D eigenvalue weighted by molar-refractivity contribution is 5.70. The van der Waals surface area contributed by atoms with Gasteiger partial charge in [0, 0.05) is 18.8 Å². The predicted octanol–water partition coefficient (Wildman–Crippen LogP) is 2.05. The fourth-order valence-corrected chi connectivity index (χ4v) is 2.30. The van der Waals surface area contributed by atoms with Gasteiger partial charge >= 0.3 is 5.97 Å². The molecular weight excluding hydrogens is 228 g/mol. The second-order valence-corrected chi connectivity index (χ2v) is 4.60. The summed E-state index contributed by atoms with van der Waals surface area (Å²) in [4.78, 5) is 13.1. The topological polar surface area (TPSA) is 64.3 Å². The van der Waals surface area contributed by atoms with Gasteiger partial charge < -0.3 is 10.0 Å². The molecule has 0 aliphatic carbocycles. The van der Waals surface area contributed by atoms with Crippen molar-refractivity contribution in [2.45, 2.75) is 19.3 Å². The van der Waals surface area contributed by atoms with Crippen LogP contribution in [0.5, 0.6) is 0 Å². The third-order valence-electron chi connectivity index (χ3n) is 3.43. The number of rotatable bonds is 3. The van der Waals surface area contributed by atoms with E-state index in [2.05, 4.69) is 11.0 Å². The first-order valence-electron chi connectivity index (χ1n) is 6.14. The zero-order valence-corrected chi connectivity index (χ0v) is 10.2. The standard InChI is InChI=1S/C14H16N2O2/c15-8-5-11-1-3-13(4-2-11)16-9-6-12(7-10-16)14(17)18/h1-4,12H,5-7,9-10H2,(H,17,18). The number of carbonyl (C=O) groups is 1. The number of carboxylic acid groups (broad SMARTS) is 1. The Morgan fingerprint density at radius 2 is 1.94 bits per heavy atom. The van der Waals surface area contributed by atoms with E-state index in [4.69, 9.17) is 10.4 Å². The Morgan fingerprint density at radius 3 is 2.44 bits per heavy atom. The van der Waals surface area contributed by atoms with E-state index >= 15 is 0 Å². The van der Waals surface area contributed by atoms with Gasteiger partial charge in [-0.3, -0.25) is 4.79 Å². The Balaban J connectivity index is 1.97. The average molecular weight is 244 g/mol. The van der Waals surface area contributed by atoms with Gasteiger partial charge in [-0.25, -0.2) is 0 Å². The molecule has 0 bridgehead atoms. The summed E-state index contributed by atoms with van der Waals surface area (Å²) in [6, 6.07) is 10.1. The van der Waals surface area contributed by atoms with Crippen molar-refractivity contribution in [3.63, 3.8) is 0 Å². The maximum Gasteiger partial charge on any atom is 0.306 e. The zero-order chi connectivity index (χ0) is 13.0. The van der Waals surface area contributed by atoms with Gasteiger partial charge in [0.2, 0.25) is 0 Å². The van der Waals surface area contributed by atoms with Gasteiger partial charge in [0.1, 0.15) is 0 Å². The highest BCUT2D eigenvalue weighted by Crippen LogP contribution is 2.23. The summed E-state index contributed by atoms with van der Waals surface area (Å²) in [5.74, 6) is -0.877. The number of aliphatic carboxylic acids is 1. The number of nitriles is 1. The van der Waals surface area contributed by atoms with Crippen LogP contribution in [0.1, 0.15) is 18.4 Å². The number of piperidine rings is 1. The average Bonchev–Trinajstić information content (AvgIpc) is 2.40. The Morgan fingerprint density at radius 1 is 1.33 bits per heavy atom. The quantitative estimate of drug-likeness (QED) is 0.883. The molecule has 18 heavy (non-hydrogen) atoms. The molecular formula is C14H16N2O2. The largest absolute Gasteiger partial charge is 0.481 e. The van der Waals surface area contributed by atoms with Gasteiger partial charge in [-0.2, -0.15) is 5.26 Å². The minimum atomic E-state index is -0.681. The lowest BCUT2D eigenvalue weighted by Crippen LogP contribution is -2.36. The number of anilines is 1. The fraction of sp³-hybridized carbons (Fsp3) is 0.429. The molecule has 94 valence electrons. The van der Waals surface area contributed by atoms with E-state index in [0.29, 0.717) is 19.3 Å². The lowest BCUT2D eigenvalue weighted by molar-refractivity contribution is -0.142. The van der Waals surface area contributed by atoms with Crippen molar-refractivity contribution in [2.75, 3.05) is 18.0 Å². The molecule has 1 heterocycles. The minimum absolute atomic E-state index is 0.195. The van der Waals surface area contributed by atoms with E-state index < -0.39 is 5.97 Å². The van der Waals surface area contributed by atoms with Gasteiger partial charge in [0.05, 0.1) is 18.4 Å². The summed E-state index contributed by atoms with van der Waals surface area (Å²) in [5.41, 5.74) is 2.13. The normalized spacial score (nSPS) is 16.3. The van der Waals surface area contributed by atoms with Crippen molar-refractivity contribution in [3.05, 3.63) is 29.8 Å². The number of hydrogen-bond acceptors (Lipinski definition) is 3. The second-order valence-electron chi connectivity index (χ2n) is 4.60. The molecule has 0 unspecified atom stereocenters. The van der Waals surface area contributed by atoms with Crippen LogP contribution in [0.15, 0.2) is 24.3 Å². The van der Waals surface area contributed by atoms with Crippen LogP contribution in [-0.4, -0.2) is 24.2 Å². The predicted molar refractivity (Wildman–Crippen MR) is 68.3 cm³/mol. The van der Waals surface area contributed by atoms with Crippen molar-refractivity contribution < 1.29 is 9.90 Å². The molecule has 0 radical (unpaired) electrons. The molecule has 2 rings (SSSR count). The van der Waals surface area contributed by atoms with Crippen LogP contribution in [0.2, 0.25) is 0 Å². The Kier molecular flexibility index (Phi) is 3.83. The van der Waals surface area contributed by atoms with E-state index in [0.717, 1.165) is 24.3 Å². The first-order chi connectivity index (χ1) is 8.70. The number of hydrogen-bond donors (Lipinski definition) is 1. The smallest absolute Gasteiger partial charge is 0.306 e. The maximum absolute atomic E-state index is 10.9. The molecule has 1 aliphatic rings. The summed E-state index contributed by atoms with van der Waals surface area (Å²) in [6.45, 7) is 1.57. The van der Waals surface area contributed by atoms with Crippen molar-refractivity contribution >= 4 is 11.7 Å². The second kappa shape index (κ2) is 5.54. The van der Waals surface area contributed by atoms with Gasteiger partial charge in [-0.15, -0.1) is 0 Å². The lowest BCUT2D eigenvalue weighted by Gasteiger charge is -2.32. The summed E-state index contributed by atoms with van der Waals surface area (Å²) >= 11 is 0. The molecule has 0 saturated carbocycles. The van der Waals surface area contributed by atoms with Crippen molar-refractivity contribution in [2.24, 2.45) is 5.92 Å². The summed E-state index contributed by atoms with van der Waals surface area (Å²) in [5, 5.41) is 17.5. The molecule has 0 aromatic heterocycles. The maximum atomic E-state index is 10.9. The molecule has 1 aliphatic heterocycles. The van der Waals surface area contributed by atoms with Crippen LogP contribution in [0.25, 0.3) is 0 Å². The molecule has 4 nitrogen and oxygen atoms in total. The monoisotopic (exact) mass is 244 g/mol. The van der Waals surface area contributed by atoms with E-state index in [1.54, 1.807) is 0 Å². The van der Waals surface area contributed by atoms with Gasteiger partial charge in [0.25, 0.3) is 0 Å². The van der Waals surface area contributed by atoms with E-state index in [-0.39, 0.29) is 5.92 Å². The van der Waals surface area contributed by atoms with Gasteiger partial charge in [0.15, 0.2) is 0 Å². The third-order valence-corrected chi connectivity index (χ3v) is 3.43. The Labute approximate surface area is 106 Å². The summed E-state index contributed by atoms with van der Waals surface area (Å²) in [6.07, 6.45) is 1.84. The van der Waals surface area contributed by atoms with Crippen LogP contribution in [0.4, 0.5) is 5.69 Å². The molecule has 1 aromatic carbocycles. The highest BCUT2D eigenvalue weighted by atomic mass is 16.4. The van der Waals surface area contributed by atoms with E-state index in [9.17, 15) is 4.79 Å². The summed E-state index contributed by atoms with van der Waals surface area (Å²) < 4.78 is 0. The zero-order valence-electron chi connectivity index (χ0n) is 10.2. The van der Waals surface area contributed by atoms with Crippen LogP contribution in [0.3, 0.4) is 0 Å². The van der Waals surface area contributed by atoms with Crippen molar-refractivity contribution in [3.8, 4) is 6.07 Å². The number of nitrogens with zero attached hydrogens (tertiary/aromatic N) is 2. The van der Waals surface area contributed by atoms with Crippen LogP contribution >= 0.6 is 0 Å². The van der Waals surface area contributed by atoms with E-state index in [1.807, 2.05) is 24.3 Å². The van der Waals surface area contributed by atoms with Gasteiger partial charge in [-0.05, 0) is 30.5 Å². The molecule has 1 aromatic rings. The van der Waals surface area contributed by atoms with Gasteiger partial charge in [-0.1, -0.05) is 12.1 Å². The van der Waals surface area contributed by atoms with Crippen molar-refractivity contribution in [1.82, 2.24) is 0 Å². The first kappa shape index (κ1) is 12.4. The highest BCUT2D eigenvalue weighted by Gasteiger charge is 2.24. The summed E-state index contributed by atoms with van der Waals surface area (Å²) in [7, 11) is 0. The van der Waals surface area contributed by atoms with Crippen LogP contribution in [-0.2, 0) is 11.2 Å². The molecule has 0 amide bonds. The SMILES string of the molecule is N#CCc1ccc(N2CCC(C(=O)O)CC2)cc1. The number of benzene rings is 1. The first-order valence-corrected chi connectivity index (χ1v) is 6.14. The minimum Gasteiger partial charge on any atom is -0.481 e. The fourth-order valence-electron chi connectivity index (χ4n) is 2.30. The van der Waals surface area contributed by atoms with E-state index in [1.165, 1.54) is 0 Å².